The number of benzene rings is 2. The number of para-hydroxylation sites is 1. The summed E-state index contributed by atoms with van der Waals surface area (Å²) in [6, 6.07) is 13.4. The molecule has 47 heavy (non-hydrogen) atoms. The number of aliphatic hydroxyl groups excluding tert-OH is 1. The van der Waals surface area contributed by atoms with E-state index >= 15 is 4.79 Å². The molecule has 3 fully saturated rings. The first-order valence-electron chi connectivity index (χ1n) is 16.7. The third-order valence-electron chi connectivity index (χ3n) is 11.0. The zero-order valence-corrected chi connectivity index (χ0v) is 29.0. The fourth-order valence-corrected chi connectivity index (χ4v) is 8.75. The van der Waals surface area contributed by atoms with Gasteiger partial charge in [-0.15, -0.1) is 13.2 Å². The van der Waals surface area contributed by atoms with E-state index in [0.29, 0.717) is 36.6 Å². The molecule has 1 spiro atoms. The number of amides is 3. The molecule has 9 heteroatoms. The topological polar surface area (TPSA) is 90.4 Å². The van der Waals surface area contributed by atoms with Crippen molar-refractivity contribution >= 4 is 35.0 Å². The van der Waals surface area contributed by atoms with Crippen molar-refractivity contribution in [1.29, 1.82) is 0 Å². The van der Waals surface area contributed by atoms with E-state index in [1.54, 1.807) is 32.9 Å². The normalized spacial score (nSPS) is 28.9. The number of ether oxygens (including phenoxy) is 1. The van der Waals surface area contributed by atoms with Crippen LogP contribution in [0.3, 0.4) is 0 Å². The molecule has 0 aliphatic carbocycles. The van der Waals surface area contributed by atoms with Gasteiger partial charge in [0.15, 0.2) is 0 Å². The highest BCUT2D eigenvalue weighted by Crippen LogP contribution is 2.66. The highest BCUT2D eigenvalue weighted by molar-refractivity contribution is 6.34. The first-order valence-corrected chi connectivity index (χ1v) is 17.0. The van der Waals surface area contributed by atoms with E-state index in [2.05, 4.69) is 13.2 Å². The van der Waals surface area contributed by atoms with Gasteiger partial charge < -0.3 is 24.5 Å². The molecule has 252 valence electrons. The van der Waals surface area contributed by atoms with Crippen LogP contribution in [0.4, 0.5) is 5.69 Å². The number of hydrogen-bond acceptors (Lipinski definition) is 5. The highest BCUT2D eigenvalue weighted by Gasteiger charge is 2.80. The molecule has 0 radical (unpaired) electrons. The smallest absolute Gasteiger partial charge is 0.253 e. The van der Waals surface area contributed by atoms with Crippen LogP contribution < -0.4 is 4.90 Å². The number of hydrogen-bond donors (Lipinski definition) is 1. The first-order chi connectivity index (χ1) is 22.4. The Hall–Kier alpha value is -3.46. The number of anilines is 1. The lowest BCUT2D eigenvalue weighted by atomic mass is 9.62. The number of rotatable bonds is 13. The second-order valence-electron chi connectivity index (χ2n) is 13.7. The van der Waals surface area contributed by atoms with Crippen molar-refractivity contribution in [1.82, 2.24) is 9.80 Å². The first kappa shape index (κ1) is 34.9. The molecule has 0 saturated carbocycles. The minimum Gasteiger partial charge on any atom is -0.394 e. The van der Waals surface area contributed by atoms with Gasteiger partial charge in [0.2, 0.25) is 11.8 Å². The van der Waals surface area contributed by atoms with Gasteiger partial charge in [-0.3, -0.25) is 14.4 Å². The molecule has 3 unspecified atom stereocenters. The van der Waals surface area contributed by atoms with E-state index in [4.69, 9.17) is 16.3 Å². The number of aryl methyl sites for hydroxylation is 1. The lowest BCUT2D eigenvalue weighted by Crippen LogP contribution is -2.60. The van der Waals surface area contributed by atoms with E-state index in [1.165, 1.54) is 0 Å². The van der Waals surface area contributed by atoms with Gasteiger partial charge in [0.25, 0.3) is 5.91 Å². The van der Waals surface area contributed by atoms with Crippen molar-refractivity contribution in [3.63, 3.8) is 0 Å². The monoisotopic (exact) mass is 661 g/mol. The van der Waals surface area contributed by atoms with Crippen LogP contribution in [0.1, 0.15) is 51.7 Å². The van der Waals surface area contributed by atoms with Gasteiger partial charge in [-0.2, -0.15) is 0 Å². The van der Waals surface area contributed by atoms with Crippen molar-refractivity contribution in [3.05, 3.63) is 90.0 Å². The zero-order chi connectivity index (χ0) is 34.3. The Bertz CT molecular complexity index is 1510. The molecule has 3 aliphatic rings. The van der Waals surface area contributed by atoms with Gasteiger partial charge in [0.1, 0.15) is 11.6 Å². The molecule has 2 bridgehead atoms. The average molecular weight is 662 g/mol. The highest BCUT2D eigenvalue weighted by atomic mass is 35.5. The summed E-state index contributed by atoms with van der Waals surface area (Å²) < 4.78 is 7.04. The van der Waals surface area contributed by atoms with E-state index in [9.17, 15) is 14.7 Å². The predicted molar refractivity (Wildman–Crippen MR) is 185 cm³/mol. The second kappa shape index (κ2) is 13.6. The Kier molecular flexibility index (Phi) is 10.1. The van der Waals surface area contributed by atoms with Crippen molar-refractivity contribution in [2.24, 2.45) is 23.7 Å². The maximum Gasteiger partial charge on any atom is 0.253 e. The summed E-state index contributed by atoms with van der Waals surface area (Å²) in [5.41, 5.74) is 0.0101. The molecule has 3 aliphatic heterocycles. The van der Waals surface area contributed by atoms with Crippen LogP contribution in [0.2, 0.25) is 5.02 Å². The van der Waals surface area contributed by atoms with Crippen molar-refractivity contribution in [2.75, 3.05) is 24.6 Å². The summed E-state index contributed by atoms with van der Waals surface area (Å²) in [6.45, 7) is 18.1. The number of likely N-dealkylation sites (tertiary alicyclic amines) is 1. The third-order valence-corrected chi connectivity index (χ3v) is 11.3. The summed E-state index contributed by atoms with van der Waals surface area (Å²) in [4.78, 5) is 49.8. The lowest BCUT2D eigenvalue weighted by molar-refractivity contribution is -0.155. The number of carbonyl (C=O) groups excluding carboxylic acids is 3. The molecule has 5 rings (SSSR count). The minimum absolute atomic E-state index is 0.126. The summed E-state index contributed by atoms with van der Waals surface area (Å²) in [6.07, 6.45) is 4.42. The summed E-state index contributed by atoms with van der Waals surface area (Å²) >= 11 is 6.73. The Morgan fingerprint density at radius 2 is 1.81 bits per heavy atom. The molecular formula is C38H48ClN3O5. The van der Waals surface area contributed by atoms with E-state index < -0.39 is 35.1 Å². The molecular weight excluding hydrogens is 614 g/mol. The molecule has 8 atom stereocenters. The van der Waals surface area contributed by atoms with Crippen LogP contribution in [-0.2, 0) is 25.7 Å². The average Bonchev–Trinajstić information content (AvgIpc) is 3.56. The van der Waals surface area contributed by atoms with Gasteiger partial charge in [-0.25, -0.2) is 0 Å². The number of carbonyl (C=O) groups is 3. The Labute approximate surface area is 284 Å². The molecule has 0 aromatic heterocycles. The van der Waals surface area contributed by atoms with Gasteiger partial charge in [0.05, 0.1) is 40.8 Å². The van der Waals surface area contributed by atoms with Crippen LogP contribution in [0.5, 0.6) is 0 Å². The van der Waals surface area contributed by atoms with E-state index in [-0.39, 0.29) is 42.7 Å². The van der Waals surface area contributed by atoms with Crippen molar-refractivity contribution < 1.29 is 24.2 Å². The lowest BCUT2D eigenvalue weighted by Gasteiger charge is -2.41. The third kappa shape index (κ3) is 5.62. The van der Waals surface area contributed by atoms with Gasteiger partial charge in [-0.1, -0.05) is 93.4 Å². The molecule has 1 N–H and O–H groups in total. The molecule has 3 amide bonds. The fourth-order valence-electron chi connectivity index (χ4n) is 8.43. The minimum atomic E-state index is -1.29. The number of aliphatic hydroxyl groups is 1. The van der Waals surface area contributed by atoms with Gasteiger partial charge in [-0.05, 0) is 49.3 Å². The Balaban J connectivity index is 1.67. The van der Waals surface area contributed by atoms with Gasteiger partial charge >= 0.3 is 0 Å². The summed E-state index contributed by atoms with van der Waals surface area (Å²) in [5.74, 6) is -2.91. The Morgan fingerprint density at radius 3 is 2.40 bits per heavy atom. The summed E-state index contributed by atoms with van der Waals surface area (Å²) in [5, 5.41) is 11.2. The largest absolute Gasteiger partial charge is 0.394 e. The zero-order valence-electron chi connectivity index (χ0n) is 28.2. The van der Waals surface area contributed by atoms with Crippen molar-refractivity contribution in [3.8, 4) is 0 Å². The Morgan fingerprint density at radius 1 is 1.13 bits per heavy atom. The molecule has 3 saturated heterocycles. The quantitative estimate of drug-likeness (QED) is 0.274. The van der Waals surface area contributed by atoms with Crippen LogP contribution in [0, 0.1) is 30.6 Å². The van der Waals surface area contributed by atoms with Crippen molar-refractivity contribution in [2.45, 2.75) is 77.3 Å². The number of fused-ring (bicyclic) bond motifs is 1. The second-order valence-corrected chi connectivity index (χ2v) is 14.1. The van der Waals surface area contributed by atoms with Crippen LogP contribution in [-0.4, -0.2) is 75.6 Å². The number of halogens is 1. The maximum absolute atomic E-state index is 15.2. The van der Waals surface area contributed by atoms with E-state index in [1.807, 2.05) is 77.1 Å². The van der Waals surface area contributed by atoms with Crippen LogP contribution >= 0.6 is 11.6 Å². The van der Waals surface area contributed by atoms with E-state index in [0.717, 1.165) is 11.1 Å². The fraction of sp³-hybridized carbons (Fsp3) is 0.500. The predicted octanol–water partition coefficient (Wildman–Crippen LogP) is 5.80. The number of nitrogens with zero attached hydrogens (tertiary/aromatic N) is 3. The SMILES string of the molecule is C=CCN(Cc1ccccc1)C(=O)[C@H]1[C@H]2C(=O)N([C@@H](CO)[C@@H](C)CC)C(C(=O)N(CC=C)c3c(C)cccc3Cl)C23CC(C)[C@]1(C)O3. The molecule has 2 aromatic rings. The summed E-state index contributed by atoms with van der Waals surface area (Å²) in [7, 11) is 0. The van der Waals surface area contributed by atoms with Gasteiger partial charge in [0, 0.05) is 19.6 Å². The molecule has 2 aromatic carbocycles. The van der Waals surface area contributed by atoms with Crippen LogP contribution in [0.15, 0.2) is 73.8 Å². The van der Waals surface area contributed by atoms with Crippen LogP contribution in [0.25, 0.3) is 0 Å². The standard InChI is InChI=1S/C38H48ClN3O5/c1-8-19-40(22-27-16-12-11-13-17-27)34(44)30-31-35(45)42(29(23-43)24(4)10-3)33(38(31)21-26(6)37(30,7)47-38)36(46)41(20-9-2)32-25(5)15-14-18-28(32)39/h8-9,11-18,24,26,29-31,33,43H,1-2,10,19-23H2,3-7H3/t24-,26?,29-,30+,31-,33?,37-,38?/m0/s1. The molecule has 8 nitrogen and oxygen atoms in total. The molecule has 3 heterocycles. The maximum atomic E-state index is 15.2.